The molecule has 8 heteroatoms. The van der Waals surface area contributed by atoms with Gasteiger partial charge in [0.2, 0.25) is 11.8 Å². The molecule has 0 saturated carbocycles. The van der Waals surface area contributed by atoms with E-state index in [2.05, 4.69) is 28.1 Å². The van der Waals surface area contributed by atoms with Gasteiger partial charge >= 0.3 is 6.09 Å². The number of carbonyl (C=O) groups is 3. The third-order valence-electron chi connectivity index (χ3n) is 6.85. The van der Waals surface area contributed by atoms with Gasteiger partial charge in [-0.3, -0.25) is 9.59 Å². The van der Waals surface area contributed by atoms with Crippen molar-refractivity contribution >= 4 is 17.9 Å². The van der Waals surface area contributed by atoms with Crippen LogP contribution in [0.5, 0.6) is 0 Å². The largest absolute Gasteiger partial charge is 0.449 e. The Morgan fingerprint density at radius 3 is 1.90 bits per heavy atom. The number of nitrogens with one attached hydrogen (secondary N) is 3. The van der Waals surface area contributed by atoms with Crippen molar-refractivity contribution in [2.24, 2.45) is 11.7 Å². The highest BCUT2D eigenvalue weighted by molar-refractivity contribution is 5.91. The lowest BCUT2D eigenvalue weighted by atomic mass is 9.98. The maximum absolute atomic E-state index is 13.4. The summed E-state index contributed by atoms with van der Waals surface area (Å²) in [6.07, 6.45) is -1.03. The number of fused-ring (bicyclic) bond motifs is 3. The fourth-order valence-electron chi connectivity index (χ4n) is 4.94. The molecule has 5 N–H and O–H groups in total. The number of rotatable bonds is 10. The molecule has 0 saturated heterocycles. The second-order valence-electron chi connectivity index (χ2n) is 10.2. The molecular weight excluding hydrogens is 492 g/mol. The molecule has 3 atom stereocenters. The van der Waals surface area contributed by atoms with E-state index in [0.717, 1.165) is 27.8 Å². The first-order chi connectivity index (χ1) is 18.7. The molecule has 204 valence electrons. The Hall–Kier alpha value is -4.17. The smallest absolute Gasteiger partial charge is 0.407 e. The average Bonchev–Trinajstić information content (AvgIpc) is 3.23. The molecule has 1 aliphatic carbocycles. The van der Waals surface area contributed by atoms with Crippen molar-refractivity contribution in [1.82, 2.24) is 16.0 Å². The number of benzene rings is 3. The van der Waals surface area contributed by atoms with Gasteiger partial charge in [-0.05, 0) is 40.7 Å². The average molecular weight is 529 g/mol. The Labute approximate surface area is 229 Å². The van der Waals surface area contributed by atoms with E-state index < -0.39 is 30.2 Å². The predicted octanol–water partition coefficient (Wildman–Crippen LogP) is 3.70. The summed E-state index contributed by atoms with van der Waals surface area (Å²) in [4.78, 5) is 39.1. The molecule has 3 aromatic carbocycles. The highest BCUT2D eigenvalue weighted by Crippen LogP contribution is 2.44. The number of hydrogen-bond acceptors (Lipinski definition) is 5. The van der Waals surface area contributed by atoms with E-state index in [-0.39, 0.29) is 30.8 Å². The van der Waals surface area contributed by atoms with Crippen LogP contribution in [0.3, 0.4) is 0 Å². The van der Waals surface area contributed by atoms with Gasteiger partial charge in [-0.1, -0.05) is 92.7 Å². The van der Waals surface area contributed by atoms with Gasteiger partial charge in [-0.2, -0.15) is 0 Å². The van der Waals surface area contributed by atoms with E-state index in [4.69, 9.17) is 10.5 Å². The zero-order chi connectivity index (χ0) is 27.9. The molecule has 0 aromatic heterocycles. The van der Waals surface area contributed by atoms with Gasteiger partial charge in [0.25, 0.3) is 0 Å². The summed E-state index contributed by atoms with van der Waals surface area (Å²) in [5.41, 5.74) is 11.0. The molecule has 0 spiro atoms. The van der Waals surface area contributed by atoms with Crippen molar-refractivity contribution in [1.29, 1.82) is 0 Å². The number of carbonyl (C=O) groups excluding carboxylic acids is 3. The lowest BCUT2D eigenvalue weighted by Gasteiger charge is -2.26. The summed E-state index contributed by atoms with van der Waals surface area (Å²) in [6.45, 7) is 5.44. The Bertz CT molecular complexity index is 1260. The van der Waals surface area contributed by atoms with Crippen molar-refractivity contribution in [2.75, 3.05) is 6.61 Å². The molecule has 0 bridgehead atoms. The van der Waals surface area contributed by atoms with Gasteiger partial charge in [0, 0.05) is 12.3 Å². The van der Waals surface area contributed by atoms with Crippen LogP contribution < -0.4 is 21.7 Å². The lowest BCUT2D eigenvalue weighted by Crippen LogP contribution is -2.57. The standard InChI is InChI=1S/C31H36N4O4/c1-19(2)28(30(37)33-20(3)32)35-29(36)27(17-21-11-5-4-6-12-21)34-31(38)39-18-26-24-15-9-7-13-22(24)23-14-8-10-16-25(23)26/h4-16,19-20,26-28H,17-18,32H2,1-3H3,(H,33,37)(H,34,38)(H,35,36)/t20?,27-,28-/m0/s1. The van der Waals surface area contributed by atoms with E-state index in [1.165, 1.54) is 0 Å². The Balaban J connectivity index is 1.47. The third-order valence-corrected chi connectivity index (χ3v) is 6.85. The predicted molar refractivity (Wildman–Crippen MR) is 151 cm³/mol. The number of hydrogen-bond donors (Lipinski definition) is 4. The highest BCUT2D eigenvalue weighted by Gasteiger charge is 2.31. The molecule has 1 unspecified atom stereocenters. The zero-order valence-electron chi connectivity index (χ0n) is 22.5. The molecular formula is C31H36N4O4. The van der Waals surface area contributed by atoms with Crippen LogP contribution >= 0.6 is 0 Å². The molecule has 0 fully saturated rings. The fourth-order valence-corrected chi connectivity index (χ4v) is 4.94. The van der Waals surface area contributed by atoms with Crippen LogP contribution in [0.1, 0.15) is 43.4 Å². The van der Waals surface area contributed by atoms with E-state index in [9.17, 15) is 14.4 Å². The van der Waals surface area contributed by atoms with Crippen LogP contribution in [0.25, 0.3) is 11.1 Å². The first kappa shape index (κ1) is 27.9. The minimum absolute atomic E-state index is 0.100. The molecule has 1 aliphatic rings. The molecule has 3 aromatic rings. The molecule has 4 rings (SSSR count). The Kier molecular flexibility index (Phi) is 8.99. The van der Waals surface area contributed by atoms with E-state index in [1.54, 1.807) is 6.92 Å². The topological polar surface area (TPSA) is 123 Å². The minimum atomic E-state index is -0.951. The van der Waals surface area contributed by atoms with Gasteiger partial charge in [0.1, 0.15) is 18.7 Å². The number of nitrogens with two attached hydrogens (primary N) is 1. The summed E-state index contributed by atoms with van der Waals surface area (Å²) in [5.74, 6) is -1.16. The maximum Gasteiger partial charge on any atom is 0.407 e. The number of ether oxygens (including phenoxy) is 1. The second kappa shape index (κ2) is 12.6. The van der Waals surface area contributed by atoms with Crippen molar-refractivity contribution in [3.05, 3.63) is 95.6 Å². The Morgan fingerprint density at radius 1 is 0.769 bits per heavy atom. The first-order valence-electron chi connectivity index (χ1n) is 13.3. The van der Waals surface area contributed by atoms with Gasteiger partial charge < -0.3 is 26.4 Å². The first-order valence-corrected chi connectivity index (χ1v) is 13.3. The lowest BCUT2D eigenvalue weighted by molar-refractivity contribution is -0.131. The van der Waals surface area contributed by atoms with Crippen LogP contribution in [0.4, 0.5) is 4.79 Å². The van der Waals surface area contributed by atoms with Crippen molar-refractivity contribution in [3.8, 4) is 11.1 Å². The van der Waals surface area contributed by atoms with E-state index >= 15 is 0 Å². The van der Waals surface area contributed by atoms with E-state index in [1.807, 2.05) is 80.6 Å². The van der Waals surface area contributed by atoms with Crippen LogP contribution in [-0.2, 0) is 20.7 Å². The zero-order valence-corrected chi connectivity index (χ0v) is 22.5. The molecule has 3 amide bonds. The molecule has 39 heavy (non-hydrogen) atoms. The summed E-state index contributed by atoms with van der Waals surface area (Å²) in [6, 6.07) is 23.8. The van der Waals surface area contributed by atoms with Crippen molar-refractivity contribution in [2.45, 2.75) is 51.4 Å². The monoisotopic (exact) mass is 528 g/mol. The summed E-state index contributed by atoms with van der Waals surface area (Å²) in [7, 11) is 0. The maximum atomic E-state index is 13.4. The minimum Gasteiger partial charge on any atom is -0.449 e. The number of amides is 3. The van der Waals surface area contributed by atoms with Gasteiger partial charge in [-0.25, -0.2) is 4.79 Å². The second-order valence-corrected chi connectivity index (χ2v) is 10.2. The van der Waals surface area contributed by atoms with E-state index in [0.29, 0.717) is 0 Å². The van der Waals surface area contributed by atoms with Crippen LogP contribution in [-0.4, -0.2) is 42.8 Å². The van der Waals surface area contributed by atoms with Gasteiger partial charge in [-0.15, -0.1) is 0 Å². The van der Waals surface area contributed by atoms with Crippen LogP contribution in [0.2, 0.25) is 0 Å². The normalized spacial score (nSPS) is 14.5. The third kappa shape index (κ3) is 6.83. The molecule has 8 nitrogen and oxygen atoms in total. The number of alkyl carbamates (subject to hydrolysis) is 1. The summed E-state index contributed by atoms with van der Waals surface area (Å²) in [5, 5.41) is 8.16. The Morgan fingerprint density at radius 2 is 1.33 bits per heavy atom. The highest BCUT2D eigenvalue weighted by atomic mass is 16.5. The van der Waals surface area contributed by atoms with Gasteiger partial charge in [0.05, 0.1) is 6.17 Å². The summed E-state index contributed by atoms with van der Waals surface area (Å²) < 4.78 is 5.68. The van der Waals surface area contributed by atoms with Crippen LogP contribution in [0.15, 0.2) is 78.9 Å². The molecule has 0 radical (unpaired) electrons. The summed E-state index contributed by atoms with van der Waals surface area (Å²) >= 11 is 0. The molecule has 0 aliphatic heterocycles. The van der Waals surface area contributed by atoms with Crippen LogP contribution in [0, 0.1) is 5.92 Å². The quantitative estimate of drug-likeness (QED) is 0.299. The van der Waals surface area contributed by atoms with Gasteiger partial charge in [0.15, 0.2) is 0 Å². The van der Waals surface area contributed by atoms with Crippen molar-refractivity contribution in [3.63, 3.8) is 0 Å². The fraction of sp³-hybridized carbons (Fsp3) is 0.323. The SMILES string of the molecule is CC(N)NC(=O)[C@@H](NC(=O)[C@H](Cc1ccccc1)NC(=O)OCC1c2ccccc2-c2ccccc21)C(C)C. The van der Waals surface area contributed by atoms with Crippen molar-refractivity contribution < 1.29 is 19.1 Å². The molecule has 0 heterocycles.